The lowest BCUT2D eigenvalue weighted by atomic mass is 9.76. The summed E-state index contributed by atoms with van der Waals surface area (Å²) in [6.45, 7) is 0. The van der Waals surface area contributed by atoms with Crippen LogP contribution in [-0.4, -0.2) is 28.3 Å². The largest absolute Gasteiger partial charge is 0.436 e. The van der Waals surface area contributed by atoms with Gasteiger partial charge in [-0.3, -0.25) is 10.1 Å². The molecule has 3 aliphatic rings. The SMILES string of the molecule is O=C(Oc1ccc([N+](=O)[O-])cc1)N1N=CC[C@H]1C12CCC(CC1)C2. The summed E-state index contributed by atoms with van der Waals surface area (Å²) in [6.07, 6.45) is 8.07. The van der Waals surface area contributed by atoms with Crippen LogP contribution in [0.5, 0.6) is 5.75 Å². The molecule has 0 radical (unpaired) electrons. The van der Waals surface area contributed by atoms with Crippen molar-refractivity contribution in [2.24, 2.45) is 16.4 Å². The Morgan fingerprint density at radius 2 is 2.00 bits per heavy atom. The fourth-order valence-electron chi connectivity index (χ4n) is 4.59. The minimum atomic E-state index is -0.507. The lowest BCUT2D eigenvalue weighted by Crippen LogP contribution is -2.45. The number of hydrogen-bond donors (Lipinski definition) is 0. The number of benzene rings is 1. The Morgan fingerprint density at radius 1 is 1.29 bits per heavy atom. The first-order valence-corrected chi connectivity index (χ1v) is 8.35. The first-order chi connectivity index (χ1) is 11.6. The van der Waals surface area contributed by atoms with Gasteiger partial charge in [-0.2, -0.15) is 10.1 Å². The van der Waals surface area contributed by atoms with Crippen molar-refractivity contribution in [2.45, 2.75) is 44.6 Å². The average molecular weight is 329 g/mol. The summed E-state index contributed by atoms with van der Waals surface area (Å²) in [6, 6.07) is 5.60. The van der Waals surface area contributed by atoms with E-state index in [0.29, 0.717) is 5.75 Å². The van der Waals surface area contributed by atoms with Gasteiger partial charge in [-0.25, -0.2) is 4.79 Å². The normalized spacial score (nSPS) is 30.8. The van der Waals surface area contributed by atoms with Crippen molar-refractivity contribution in [3.63, 3.8) is 0 Å². The Kier molecular flexibility index (Phi) is 3.51. The van der Waals surface area contributed by atoms with E-state index >= 15 is 0 Å². The van der Waals surface area contributed by atoms with Crippen LogP contribution in [0.1, 0.15) is 38.5 Å². The van der Waals surface area contributed by atoms with E-state index in [1.54, 1.807) is 6.21 Å². The third kappa shape index (κ3) is 2.44. The Balaban J connectivity index is 1.47. The zero-order chi connectivity index (χ0) is 16.7. The van der Waals surface area contributed by atoms with Gasteiger partial charge in [0.25, 0.3) is 5.69 Å². The highest BCUT2D eigenvalue weighted by Crippen LogP contribution is 2.58. The summed E-state index contributed by atoms with van der Waals surface area (Å²) < 4.78 is 5.38. The number of rotatable bonds is 3. The number of carbonyl (C=O) groups is 1. The molecule has 0 aromatic heterocycles. The van der Waals surface area contributed by atoms with Crippen molar-refractivity contribution in [3.8, 4) is 5.75 Å². The molecule has 2 fully saturated rings. The predicted octanol–water partition coefficient (Wildman–Crippen LogP) is 3.73. The number of hydrogen-bond acceptors (Lipinski definition) is 5. The van der Waals surface area contributed by atoms with Gasteiger partial charge in [0.1, 0.15) is 5.75 Å². The van der Waals surface area contributed by atoms with Crippen LogP contribution in [0.3, 0.4) is 0 Å². The van der Waals surface area contributed by atoms with E-state index in [0.717, 1.165) is 25.2 Å². The Hall–Kier alpha value is -2.44. The van der Waals surface area contributed by atoms with Gasteiger partial charge in [0.05, 0.1) is 11.0 Å². The monoisotopic (exact) mass is 329 g/mol. The lowest BCUT2D eigenvalue weighted by molar-refractivity contribution is -0.384. The zero-order valence-electron chi connectivity index (χ0n) is 13.3. The number of nitro benzene ring substituents is 1. The molecule has 1 aromatic carbocycles. The molecule has 126 valence electrons. The number of ether oxygens (including phenoxy) is 1. The van der Waals surface area contributed by atoms with Gasteiger partial charge < -0.3 is 4.74 Å². The van der Waals surface area contributed by atoms with Gasteiger partial charge in [0, 0.05) is 24.8 Å². The molecule has 1 atom stereocenters. The van der Waals surface area contributed by atoms with Gasteiger partial charge in [-0.15, -0.1) is 0 Å². The molecule has 0 N–H and O–H groups in total. The maximum atomic E-state index is 12.5. The van der Waals surface area contributed by atoms with E-state index in [2.05, 4.69) is 5.10 Å². The van der Waals surface area contributed by atoms with Gasteiger partial charge in [-0.1, -0.05) is 0 Å². The number of hydrazone groups is 1. The lowest BCUT2D eigenvalue weighted by Gasteiger charge is -2.36. The standard InChI is InChI=1S/C17H19N3O4/c21-16(24-14-3-1-13(2-4-14)20(22)23)19-15(7-10-18-19)17-8-5-12(11-17)6-9-17/h1-4,10,12,15H,5-9,11H2/t12?,15-,17?/m0/s1. The second-order valence-corrected chi connectivity index (χ2v) is 7.02. The molecule has 2 aliphatic carbocycles. The molecule has 24 heavy (non-hydrogen) atoms. The quantitative estimate of drug-likeness (QED) is 0.624. The van der Waals surface area contributed by atoms with Crippen molar-refractivity contribution >= 4 is 18.0 Å². The van der Waals surface area contributed by atoms with E-state index in [4.69, 9.17) is 4.74 Å². The van der Waals surface area contributed by atoms with Gasteiger partial charge >= 0.3 is 6.09 Å². The highest BCUT2D eigenvalue weighted by molar-refractivity contribution is 5.75. The fourth-order valence-corrected chi connectivity index (χ4v) is 4.59. The molecule has 0 saturated heterocycles. The molecule has 7 heteroatoms. The van der Waals surface area contributed by atoms with Crippen LogP contribution in [0.2, 0.25) is 0 Å². The maximum Gasteiger partial charge on any atom is 0.436 e. The number of non-ortho nitro benzene ring substituents is 1. The first-order valence-electron chi connectivity index (χ1n) is 8.35. The Bertz CT molecular complexity index is 692. The van der Waals surface area contributed by atoms with E-state index in [1.165, 1.54) is 48.5 Å². The molecule has 7 nitrogen and oxygen atoms in total. The number of carbonyl (C=O) groups excluding carboxylic acids is 1. The number of nitro groups is 1. The van der Waals surface area contributed by atoms with E-state index in [1.807, 2.05) is 0 Å². The molecule has 1 amide bonds. The number of amides is 1. The van der Waals surface area contributed by atoms with Crippen molar-refractivity contribution < 1.29 is 14.5 Å². The van der Waals surface area contributed by atoms with Crippen molar-refractivity contribution in [2.75, 3.05) is 0 Å². The van der Waals surface area contributed by atoms with E-state index in [9.17, 15) is 14.9 Å². The minimum Gasteiger partial charge on any atom is -0.409 e. The topological polar surface area (TPSA) is 85.0 Å². The highest BCUT2D eigenvalue weighted by atomic mass is 16.6. The summed E-state index contributed by atoms with van der Waals surface area (Å²) in [5.41, 5.74) is 0.157. The number of fused-ring (bicyclic) bond motifs is 2. The average Bonchev–Trinajstić information content (AvgIpc) is 3.31. The highest BCUT2D eigenvalue weighted by Gasteiger charge is 2.53. The summed E-state index contributed by atoms with van der Waals surface area (Å²) in [5, 5.41) is 16.4. The van der Waals surface area contributed by atoms with Gasteiger partial charge in [0.2, 0.25) is 0 Å². The molecule has 2 saturated carbocycles. The molecular formula is C17H19N3O4. The second-order valence-electron chi connectivity index (χ2n) is 7.02. The fraction of sp³-hybridized carbons (Fsp3) is 0.529. The maximum absolute atomic E-state index is 12.5. The third-order valence-corrected chi connectivity index (χ3v) is 5.77. The summed E-state index contributed by atoms with van der Waals surface area (Å²) in [7, 11) is 0. The summed E-state index contributed by atoms with van der Waals surface area (Å²) in [5.74, 6) is 1.10. The van der Waals surface area contributed by atoms with Crippen molar-refractivity contribution in [1.82, 2.24) is 5.01 Å². The van der Waals surface area contributed by atoms with Gasteiger partial charge in [0.15, 0.2) is 0 Å². The summed E-state index contributed by atoms with van der Waals surface area (Å²) >= 11 is 0. The van der Waals surface area contributed by atoms with Crippen molar-refractivity contribution in [3.05, 3.63) is 34.4 Å². The molecule has 2 bridgehead atoms. The molecule has 0 spiro atoms. The molecule has 0 unspecified atom stereocenters. The minimum absolute atomic E-state index is 0.0336. The molecular weight excluding hydrogens is 310 g/mol. The molecule has 1 aliphatic heterocycles. The first kappa shape index (κ1) is 15.1. The molecule has 1 aromatic rings. The molecule has 4 rings (SSSR count). The Labute approximate surface area is 139 Å². The zero-order valence-corrected chi connectivity index (χ0v) is 13.3. The van der Waals surface area contributed by atoms with Crippen LogP contribution in [0.15, 0.2) is 29.4 Å². The van der Waals surface area contributed by atoms with Crippen LogP contribution < -0.4 is 4.74 Å². The smallest absolute Gasteiger partial charge is 0.409 e. The molecule has 1 heterocycles. The van der Waals surface area contributed by atoms with E-state index in [-0.39, 0.29) is 17.1 Å². The second kappa shape index (κ2) is 5.58. The van der Waals surface area contributed by atoms with Crippen LogP contribution >= 0.6 is 0 Å². The van der Waals surface area contributed by atoms with Crippen LogP contribution in [0.4, 0.5) is 10.5 Å². The third-order valence-electron chi connectivity index (χ3n) is 5.77. The van der Waals surface area contributed by atoms with Gasteiger partial charge in [-0.05, 0) is 55.6 Å². The van der Waals surface area contributed by atoms with E-state index < -0.39 is 11.0 Å². The predicted molar refractivity (Wildman–Crippen MR) is 86.9 cm³/mol. The Morgan fingerprint density at radius 3 is 2.58 bits per heavy atom. The van der Waals surface area contributed by atoms with Crippen molar-refractivity contribution in [1.29, 1.82) is 0 Å². The van der Waals surface area contributed by atoms with Crippen LogP contribution in [0.25, 0.3) is 0 Å². The summed E-state index contributed by atoms with van der Waals surface area (Å²) in [4.78, 5) is 22.7. The number of nitrogens with zero attached hydrogens (tertiary/aromatic N) is 3. The van der Waals surface area contributed by atoms with Crippen LogP contribution in [0, 0.1) is 21.4 Å². The van der Waals surface area contributed by atoms with Crippen LogP contribution in [-0.2, 0) is 0 Å².